The fourth-order valence-corrected chi connectivity index (χ4v) is 1.07. The van der Waals surface area contributed by atoms with E-state index >= 15 is 0 Å². The minimum Gasteiger partial charge on any atom is -0.386 e. The molecule has 1 rings (SSSR count). The first-order chi connectivity index (χ1) is 5.91. The molecule has 0 amide bonds. The molecule has 3 nitrogen and oxygen atoms in total. The number of aromatic nitrogens is 2. The number of aryl methyl sites for hydroxylation is 1. The molecule has 0 aliphatic carbocycles. The molecule has 1 aromatic heterocycles. The Morgan fingerprint density at radius 3 is 2.46 bits per heavy atom. The van der Waals surface area contributed by atoms with Crippen molar-refractivity contribution in [1.29, 1.82) is 0 Å². The van der Waals surface area contributed by atoms with Crippen molar-refractivity contribution in [1.82, 2.24) is 9.97 Å². The van der Waals surface area contributed by atoms with Gasteiger partial charge in [0.05, 0.1) is 5.69 Å². The third-order valence-electron chi connectivity index (χ3n) is 1.90. The molecule has 13 heavy (non-hydrogen) atoms. The molecule has 3 heteroatoms. The standard InChI is InChI=1S/C10H16N2O/c1-7-11-6-5-8(12-7)9(13)10(2,3)4/h5-6,9,13H,1-4H3. The molecule has 72 valence electrons. The molecule has 0 aliphatic heterocycles. The van der Waals surface area contributed by atoms with Crippen LogP contribution in [0.2, 0.25) is 0 Å². The molecule has 1 atom stereocenters. The van der Waals surface area contributed by atoms with Crippen molar-refractivity contribution in [3.8, 4) is 0 Å². The number of hydrogen-bond donors (Lipinski definition) is 1. The number of aliphatic hydroxyl groups is 1. The van der Waals surface area contributed by atoms with Gasteiger partial charge in [-0.3, -0.25) is 0 Å². The van der Waals surface area contributed by atoms with Gasteiger partial charge in [0.2, 0.25) is 0 Å². The predicted octanol–water partition coefficient (Wildman–Crippen LogP) is 1.86. The summed E-state index contributed by atoms with van der Waals surface area (Å²) in [4.78, 5) is 8.16. The van der Waals surface area contributed by atoms with Gasteiger partial charge in [0, 0.05) is 6.20 Å². The number of rotatable bonds is 1. The van der Waals surface area contributed by atoms with Gasteiger partial charge in [-0.25, -0.2) is 9.97 Å². The fraction of sp³-hybridized carbons (Fsp3) is 0.600. The lowest BCUT2D eigenvalue weighted by atomic mass is 9.87. The first-order valence-corrected chi connectivity index (χ1v) is 4.39. The molecule has 0 bridgehead atoms. The predicted molar refractivity (Wildman–Crippen MR) is 51.2 cm³/mol. The van der Waals surface area contributed by atoms with Gasteiger partial charge < -0.3 is 5.11 Å². The van der Waals surface area contributed by atoms with Gasteiger partial charge in [-0.05, 0) is 18.4 Å². The topological polar surface area (TPSA) is 46.0 Å². The van der Waals surface area contributed by atoms with Gasteiger partial charge in [0.1, 0.15) is 11.9 Å². The third kappa shape index (κ3) is 2.49. The Balaban J connectivity index is 2.96. The van der Waals surface area contributed by atoms with Crippen LogP contribution >= 0.6 is 0 Å². The third-order valence-corrected chi connectivity index (χ3v) is 1.90. The summed E-state index contributed by atoms with van der Waals surface area (Å²) in [6, 6.07) is 1.75. The normalized spacial score (nSPS) is 14.2. The largest absolute Gasteiger partial charge is 0.386 e. The van der Waals surface area contributed by atoms with Crippen LogP contribution in [0.15, 0.2) is 12.3 Å². The van der Waals surface area contributed by atoms with Crippen LogP contribution in [0.1, 0.15) is 38.4 Å². The molecular weight excluding hydrogens is 164 g/mol. The lowest BCUT2D eigenvalue weighted by Gasteiger charge is -2.25. The van der Waals surface area contributed by atoms with E-state index in [2.05, 4.69) is 9.97 Å². The summed E-state index contributed by atoms with van der Waals surface area (Å²) in [6.07, 6.45) is 1.14. The lowest BCUT2D eigenvalue weighted by Crippen LogP contribution is -2.19. The second-order valence-corrected chi connectivity index (χ2v) is 4.30. The van der Waals surface area contributed by atoms with Crippen LogP contribution < -0.4 is 0 Å². The van der Waals surface area contributed by atoms with E-state index in [-0.39, 0.29) is 5.41 Å². The van der Waals surface area contributed by atoms with Gasteiger partial charge in [0.15, 0.2) is 0 Å². The average Bonchev–Trinajstić information content (AvgIpc) is 2.01. The molecule has 1 N–H and O–H groups in total. The molecule has 0 fully saturated rings. The number of hydrogen-bond acceptors (Lipinski definition) is 3. The minimum absolute atomic E-state index is 0.180. The van der Waals surface area contributed by atoms with Gasteiger partial charge >= 0.3 is 0 Å². The number of nitrogens with zero attached hydrogens (tertiary/aromatic N) is 2. The first kappa shape index (κ1) is 10.1. The van der Waals surface area contributed by atoms with Crippen LogP contribution in [0.5, 0.6) is 0 Å². The van der Waals surface area contributed by atoms with E-state index in [1.807, 2.05) is 27.7 Å². The van der Waals surface area contributed by atoms with Gasteiger partial charge in [-0.15, -0.1) is 0 Å². The Morgan fingerprint density at radius 2 is 2.00 bits per heavy atom. The van der Waals surface area contributed by atoms with Crippen LogP contribution in [0.4, 0.5) is 0 Å². The average molecular weight is 180 g/mol. The Hall–Kier alpha value is -0.960. The van der Waals surface area contributed by atoms with Crippen molar-refractivity contribution in [3.05, 3.63) is 23.8 Å². The molecule has 1 aromatic rings. The van der Waals surface area contributed by atoms with E-state index in [4.69, 9.17) is 0 Å². The second-order valence-electron chi connectivity index (χ2n) is 4.30. The number of aliphatic hydroxyl groups excluding tert-OH is 1. The highest BCUT2D eigenvalue weighted by Gasteiger charge is 2.24. The van der Waals surface area contributed by atoms with Crippen molar-refractivity contribution >= 4 is 0 Å². The van der Waals surface area contributed by atoms with Crippen molar-refractivity contribution in [2.75, 3.05) is 0 Å². The molecule has 0 saturated heterocycles. The van der Waals surface area contributed by atoms with Crippen molar-refractivity contribution in [2.45, 2.75) is 33.8 Å². The molecule has 0 spiro atoms. The Kier molecular flexibility index (Phi) is 2.66. The molecule has 1 heterocycles. The summed E-state index contributed by atoms with van der Waals surface area (Å²) in [7, 11) is 0. The summed E-state index contributed by atoms with van der Waals surface area (Å²) < 4.78 is 0. The van der Waals surface area contributed by atoms with Crippen LogP contribution in [0.3, 0.4) is 0 Å². The van der Waals surface area contributed by atoms with E-state index in [9.17, 15) is 5.11 Å². The van der Waals surface area contributed by atoms with E-state index in [0.717, 1.165) is 0 Å². The zero-order valence-corrected chi connectivity index (χ0v) is 8.57. The molecule has 1 unspecified atom stereocenters. The Morgan fingerprint density at radius 1 is 1.38 bits per heavy atom. The smallest absolute Gasteiger partial charge is 0.125 e. The summed E-state index contributed by atoms with van der Waals surface area (Å²) in [5, 5.41) is 9.89. The maximum absolute atomic E-state index is 9.89. The van der Waals surface area contributed by atoms with E-state index in [1.165, 1.54) is 0 Å². The quantitative estimate of drug-likeness (QED) is 0.717. The molecular formula is C10H16N2O. The molecule has 0 radical (unpaired) electrons. The monoisotopic (exact) mass is 180 g/mol. The van der Waals surface area contributed by atoms with Crippen molar-refractivity contribution < 1.29 is 5.11 Å². The van der Waals surface area contributed by atoms with Crippen molar-refractivity contribution in [3.63, 3.8) is 0 Å². The zero-order valence-electron chi connectivity index (χ0n) is 8.57. The summed E-state index contributed by atoms with van der Waals surface area (Å²) >= 11 is 0. The highest BCUT2D eigenvalue weighted by atomic mass is 16.3. The molecule has 0 aromatic carbocycles. The Labute approximate surface area is 78.9 Å². The van der Waals surface area contributed by atoms with Gasteiger partial charge in [-0.1, -0.05) is 20.8 Å². The summed E-state index contributed by atoms with van der Waals surface area (Å²) in [5.41, 5.74) is 0.515. The maximum atomic E-state index is 9.89. The van der Waals surface area contributed by atoms with Gasteiger partial charge in [-0.2, -0.15) is 0 Å². The Bertz CT molecular complexity index is 291. The van der Waals surface area contributed by atoms with Crippen LogP contribution in [0.25, 0.3) is 0 Å². The molecule has 0 saturated carbocycles. The molecule has 0 aliphatic rings. The highest BCUT2D eigenvalue weighted by molar-refractivity contribution is 5.07. The van der Waals surface area contributed by atoms with Crippen LogP contribution in [-0.2, 0) is 0 Å². The van der Waals surface area contributed by atoms with Crippen LogP contribution in [0, 0.1) is 12.3 Å². The SMILES string of the molecule is Cc1nccc(C(O)C(C)(C)C)n1. The van der Waals surface area contributed by atoms with Crippen molar-refractivity contribution in [2.24, 2.45) is 5.41 Å². The maximum Gasteiger partial charge on any atom is 0.125 e. The van der Waals surface area contributed by atoms with E-state index in [1.54, 1.807) is 12.3 Å². The first-order valence-electron chi connectivity index (χ1n) is 4.39. The minimum atomic E-state index is -0.533. The second kappa shape index (κ2) is 3.42. The zero-order chi connectivity index (χ0) is 10.1. The van der Waals surface area contributed by atoms with E-state index in [0.29, 0.717) is 11.5 Å². The fourth-order valence-electron chi connectivity index (χ4n) is 1.07. The summed E-state index contributed by atoms with van der Waals surface area (Å²) in [6.45, 7) is 7.76. The van der Waals surface area contributed by atoms with Gasteiger partial charge in [0.25, 0.3) is 0 Å². The van der Waals surface area contributed by atoms with E-state index < -0.39 is 6.10 Å². The summed E-state index contributed by atoms with van der Waals surface area (Å²) in [5.74, 6) is 0.695. The van der Waals surface area contributed by atoms with Crippen LogP contribution in [-0.4, -0.2) is 15.1 Å². The lowest BCUT2D eigenvalue weighted by molar-refractivity contribution is 0.0586. The highest BCUT2D eigenvalue weighted by Crippen LogP contribution is 2.30.